The Bertz CT molecular complexity index is 465. The first-order valence-corrected chi connectivity index (χ1v) is 10.6. The molecule has 3 fully saturated rings. The third-order valence-electron chi connectivity index (χ3n) is 5.42. The van der Waals surface area contributed by atoms with E-state index in [1.807, 2.05) is 4.90 Å². The van der Waals surface area contributed by atoms with Crippen molar-refractivity contribution >= 4 is 23.6 Å². The van der Waals surface area contributed by atoms with Crippen molar-refractivity contribution in [3.63, 3.8) is 0 Å². The fourth-order valence-corrected chi connectivity index (χ4v) is 4.75. The molecule has 1 aliphatic carbocycles. The van der Waals surface area contributed by atoms with Crippen molar-refractivity contribution in [1.29, 1.82) is 0 Å². The lowest BCUT2D eigenvalue weighted by Gasteiger charge is -2.26. The van der Waals surface area contributed by atoms with E-state index in [1.165, 1.54) is 0 Å². The van der Waals surface area contributed by atoms with Crippen molar-refractivity contribution in [3.05, 3.63) is 0 Å². The number of thioether (sulfide) groups is 1. The Morgan fingerprint density at radius 2 is 2.04 bits per heavy atom. The number of aliphatic hydroxyl groups is 1. The second kappa shape index (κ2) is 9.21. The molecule has 4 N–H and O–H groups in total. The second-order valence-corrected chi connectivity index (χ2v) is 8.47. The van der Waals surface area contributed by atoms with Crippen LogP contribution in [0.4, 0.5) is 0 Å². The lowest BCUT2D eigenvalue weighted by Crippen LogP contribution is -2.42. The molecule has 0 aromatic heterocycles. The number of nitrogens with zero attached hydrogens (tertiary/aromatic N) is 1. The minimum Gasteiger partial charge on any atom is -0.393 e. The van der Waals surface area contributed by atoms with E-state index in [4.69, 9.17) is 0 Å². The van der Waals surface area contributed by atoms with Gasteiger partial charge in [-0.1, -0.05) is 0 Å². The van der Waals surface area contributed by atoms with Gasteiger partial charge in [0.05, 0.1) is 24.6 Å². The first kappa shape index (κ1) is 18.9. The summed E-state index contributed by atoms with van der Waals surface area (Å²) in [6.07, 6.45) is 4.13. The molecule has 1 saturated carbocycles. The normalized spacial score (nSPS) is 32.8. The van der Waals surface area contributed by atoms with E-state index in [2.05, 4.69) is 16.0 Å². The third kappa shape index (κ3) is 5.57. The van der Waals surface area contributed by atoms with E-state index in [-0.39, 0.29) is 24.0 Å². The molecular weight excluding hydrogens is 340 g/mol. The quantitative estimate of drug-likeness (QED) is 0.504. The lowest BCUT2D eigenvalue weighted by molar-refractivity contribution is -0.131. The highest BCUT2D eigenvalue weighted by molar-refractivity contribution is 7.99. The van der Waals surface area contributed by atoms with Gasteiger partial charge in [-0.15, -0.1) is 11.8 Å². The number of nitrogens with one attached hydrogen (secondary N) is 3. The van der Waals surface area contributed by atoms with Gasteiger partial charge in [-0.2, -0.15) is 0 Å². The molecule has 25 heavy (non-hydrogen) atoms. The van der Waals surface area contributed by atoms with Crippen LogP contribution in [0.15, 0.2) is 0 Å². The highest BCUT2D eigenvalue weighted by Crippen LogP contribution is 2.20. The van der Waals surface area contributed by atoms with Crippen molar-refractivity contribution in [2.24, 2.45) is 5.92 Å². The second-order valence-electron chi connectivity index (χ2n) is 7.39. The van der Waals surface area contributed by atoms with E-state index >= 15 is 0 Å². The van der Waals surface area contributed by atoms with Gasteiger partial charge >= 0.3 is 0 Å². The van der Waals surface area contributed by atoms with Crippen LogP contribution in [-0.4, -0.2) is 77.8 Å². The Labute approximate surface area is 153 Å². The summed E-state index contributed by atoms with van der Waals surface area (Å²) >= 11 is 1.80. The molecule has 8 heteroatoms. The van der Waals surface area contributed by atoms with Crippen LogP contribution in [0, 0.1) is 5.92 Å². The fraction of sp³-hybridized carbons (Fsp3) is 0.882. The van der Waals surface area contributed by atoms with Gasteiger partial charge in [0.15, 0.2) is 0 Å². The van der Waals surface area contributed by atoms with Gasteiger partial charge in [-0.05, 0) is 38.0 Å². The smallest absolute Gasteiger partial charge is 0.240 e. The predicted molar refractivity (Wildman–Crippen MR) is 98.2 cm³/mol. The van der Waals surface area contributed by atoms with Crippen LogP contribution in [-0.2, 0) is 9.59 Å². The first-order chi connectivity index (χ1) is 12.1. The van der Waals surface area contributed by atoms with E-state index in [0.29, 0.717) is 25.0 Å². The molecule has 0 bridgehead atoms. The Kier molecular flexibility index (Phi) is 6.98. The molecule has 7 nitrogen and oxygen atoms in total. The van der Waals surface area contributed by atoms with E-state index < -0.39 is 0 Å². The Morgan fingerprint density at radius 1 is 1.24 bits per heavy atom. The summed E-state index contributed by atoms with van der Waals surface area (Å²) in [5, 5.41) is 19.1. The number of aliphatic hydroxyl groups excluding tert-OH is 1. The molecule has 2 aliphatic heterocycles. The molecule has 3 aliphatic rings. The van der Waals surface area contributed by atoms with Crippen LogP contribution >= 0.6 is 11.8 Å². The number of hydrogen-bond donors (Lipinski definition) is 4. The maximum Gasteiger partial charge on any atom is 0.240 e. The number of carbonyl (C=O) groups excluding carboxylic acids is 2. The van der Waals surface area contributed by atoms with Gasteiger partial charge in [0.1, 0.15) is 0 Å². The molecule has 0 spiro atoms. The summed E-state index contributed by atoms with van der Waals surface area (Å²) < 4.78 is 0. The molecular formula is C17H30N4O3S. The average molecular weight is 371 g/mol. The highest BCUT2D eigenvalue weighted by atomic mass is 32.2. The Balaban J connectivity index is 1.29. The van der Waals surface area contributed by atoms with Gasteiger partial charge in [-0.25, -0.2) is 0 Å². The van der Waals surface area contributed by atoms with E-state index in [0.717, 1.165) is 56.8 Å². The monoisotopic (exact) mass is 370 g/mol. The zero-order valence-electron chi connectivity index (χ0n) is 14.7. The molecule has 0 aromatic rings. The minimum atomic E-state index is -0.170. The number of carbonyl (C=O) groups is 2. The molecule has 2 amide bonds. The van der Waals surface area contributed by atoms with Crippen LogP contribution in [0.3, 0.4) is 0 Å². The Hall–Kier alpha value is -0.830. The van der Waals surface area contributed by atoms with Gasteiger partial charge in [-0.3, -0.25) is 9.59 Å². The topological polar surface area (TPSA) is 93.7 Å². The highest BCUT2D eigenvalue weighted by Gasteiger charge is 2.33. The van der Waals surface area contributed by atoms with Gasteiger partial charge in [0.25, 0.3) is 0 Å². The summed E-state index contributed by atoms with van der Waals surface area (Å²) in [4.78, 5) is 26.3. The summed E-state index contributed by atoms with van der Waals surface area (Å²) in [6, 6.07) is 0.245. The standard InChI is InChI=1S/C17H30N4O3S/c22-14-3-1-13(2-4-14)18-10-16(23)20-9-12-7-15(19-8-12)17(24)21-5-6-25-11-21/h12-15,18-19,22H,1-11H2,(H,20,23)/t12-,13?,14?,15-/m0/s1. The largest absolute Gasteiger partial charge is 0.393 e. The molecule has 0 aromatic carbocycles. The zero-order valence-corrected chi connectivity index (χ0v) is 15.5. The summed E-state index contributed by atoms with van der Waals surface area (Å²) in [6.45, 7) is 2.59. The maximum atomic E-state index is 12.4. The summed E-state index contributed by atoms with van der Waals surface area (Å²) in [5.41, 5.74) is 0. The third-order valence-corrected chi connectivity index (χ3v) is 6.39. The van der Waals surface area contributed by atoms with Crippen LogP contribution < -0.4 is 16.0 Å². The van der Waals surface area contributed by atoms with Crippen molar-refractivity contribution in [3.8, 4) is 0 Å². The molecule has 2 atom stereocenters. The predicted octanol–water partition coefficient (Wildman–Crippen LogP) is -0.493. The molecule has 2 heterocycles. The summed E-state index contributed by atoms with van der Waals surface area (Å²) in [7, 11) is 0. The van der Waals surface area contributed by atoms with Crippen LogP contribution in [0.5, 0.6) is 0 Å². The number of hydrogen-bond acceptors (Lipinski definition) is 6. The summed E-state index contributed by atoms with van der Waals surface area (Å²) in [5.74, 6) is 2.38. The van der Waals surface area contributed by atoms with Crippen molar-refractivity contribution in [1.82, 2.24) is 20.9 Å². The van der Waals surface area contributed by atoms with Crippen molar-refractivity contribution in [2.75, 3.05) is 37.8 Å². The van der Waals surface area contributed by atoms with Crippen molar-refractivity contribution < 1.29 is 14.7 Å². The number of rotatable bonds is 6. The van der Waals surface area contributed by atoms with Crippen LogP contribution in [0.25, 0.3) is 0 Å². The SMILES string of the molecule is O=C(CNC1CCC(O)CC1)NC[C@@H]1CN[C@H](C(=O)N2CCSC2)C1. The minimum absolute atomic E-state index is 0.0110. The first-order valence-electron chi connectivity index (χ1n) is 9.40. The lowest BCUT2D eigenvalue weighted by atomic mass is 9.93. The molecule has 2 saturated heterocycles. The number of amides is 2. The molecule has 0 unspecified atom stereocenters. The maximum absolute atomic E-state index is 12.4. The van der Waals surface area contributed by atoms with E-state index in [1.54, 1.807) is 11.8 Å². The van der Waals surface area contributed by atoms with Gasteiger partial charge in [0, 0.05) is 31.4 Å². The van der Waals surface area contributed by atoms with Crippen LogP contribution in [0.2, 0.25) is 0 Å². The molecule has 3 rings (SSSR count). The van der Waals surface area contributed by atoms with Crippen molar-refractivity contribution in [2.45, 2.75) is 50.3 Å². The van der Waals surface area contributed by atoms with E-state index in [9.17, 15) is 14.7 Å². The van der Waals surface area contributed by atoms with Gasteiger partial charge in [0.2, 0.25) is 11.8 Å². The molecule has 0 radical (unpaired) electrons. The van der Waals surface area contributed by atoms with Gasteiger partial charge < -0.3 is 26.0 Å². The molecule has 142 valence electrons. The zero-order chi connectivity index (χ0) is 17.6. The van der Waals surface area contributed by atoms with Crippen LogP contribution in [0.1, 0.15) is 32.1 Å². The Morgan fingerprint density at radius 3 is 2.76 bits per heavy atom. The fourth-order valence-electron chi connectivity index (χ4n) is 3.80. The average Bonchev–Trinajstić information content (AvgIpc) is 3.30.